The van der Waals surface area contributed by atoms with Gasteiger partial charge in [0.2, 0.25) is 0 Å². The maximum absolute atomic E-state index is 10.3. The van der Waals surface area contributed by atoms with Gasteiger partial charge in [0.1, 0.15) is 0 Å². The van der Waals surface area contributed by atoms with Crippen LogP contribution in [-0.4, -0.2) is 10.7 Å². The second-order valence-electron chi connectivity index (χ2n) is 4.85. The molecule has 0 saturated heterocycles. The molecule has 1 fully saturated rings. The Morgan fingerprint density at radius 2 is 2.08 bits per heavy atom. The summed E-state index contributed by atoms with van der Waals surface area (Å²) in [4.78, 5) is 0. The molecule has 0 aromatic heterocycles. The second kappa shape index (κ2) is 3.78. The molecule has 0 unspecified atom stereocenters. The topological polar surface area (TPSA) is 20.2 Å². The lowest BCUT2D eigenvalue weighted by Crippen LogP contribution is -2.40. The summed E-state index contributed by atoms with van der Waals surface area (Å²) in [6, 6.07) is 0. The maximum atomic E-state index is 10.3. The molecule has 12 heavy (non-hydrogen) atoms. The molecule has 0 bridgehead atoms. The Morgan fingerprint density at radius 1 is 1.42 bits per heavy atom. The van der Waals surface area contributed by atoms with Crippen LogP contribution in [0.3, 0.4) is 0 Å². The quantitative estimate of drug-likeness (QED) is 0.675. The molecule has 0 heterocycles. The van der Waals surface area contributed by atoms with E-state index in [1.807, 2.05) is 0 Å². The normalized spacial score (nSPS) is 37.2. The van der Waals surface area contributed by atoms with Gasteiger partial charge in [0.15, 0.2) is 0 Å². The highest BCUT2D eigenvalue weighted by atomic mass is 16.3. The fourth-order valence-corrected chi connectivity index (χ4v) is 2.41. The van der Waals surface area contributed by atoms with E-state index < -0.39 is 0 Å². The molecule has 0 amide bonds. The number of aliphatic hydroxyl groups is 1. The van der Waals surface area contributed by atoms with E-state index in [1.165, 1.54) is 19.3 Å². The Labute approximate surface area is 76.2 Å². The molecule has 0 aliphatic heterocycles. The van der Waals surface area contributed by atoms with Crippen LogP contribution in [-0.2, 0) is 0 Å². The first-order valence-corrected chi connectivity index (χ1v) is 5.27. The molecular formula is C11H22O. The van der Waals surface area contributed by atoms with E-state index in [0.717, 1.165) is 12.8 Å². The fraction of sp³-hybridized carbons (Fsp3) is 1.00. The van der Waals surface area contributed by atoms with Crippen molar-refractivity contribution in [3.63, 3.8) is 0 Å². The first kappa shape index (κ1) is 10.0. The van der Waals surface area contributed by atoms with E-state index in [0.29, 0.717) is 11.8 Å². The summed E-state index contributed by atoms with van der Waals surface area (Å²) in [5.41, 5.74) is -0.341. The minimum Gasteiger partial charge on any atom is -0.390 e. The molecule has 1 nitrogen and oxygen atoms in total. The monoisotopic (exact) mass is 170 g/mol. The van der Waals surface area contributed by atoms with Crippen molar-refractivity contribution in [2.24, 2.45) is 11.8 Å². The van der Waals surface area contributed by atoms with Crippen LogP contribution in [0.1, 0.15) is 52.9 Å². The summed E-state index contributed by atoms with van der Waals surface area (Å²) in [5.74, 6) is 1.13. The summed E-state index contributed by atoms with van der Waals surface area (Å²) in [7, 11) is 0. The van der Waals surface area contributed by atoms with E-state index in [9.17, 15) is 5.11 Å². The van der Waals surface area contributed by atoms with Gasteiger partial charge < -0.3 is 5.11 Å². The zero-order valence-electron chi connectivity index (χ0n) is 8.64. The Kier molecular flexibility index (Phi) is 3.16. The van der Waals surface area contributed by atoms with Crippen molar-refractivity contribution in [2.45, 2.75) is 58.5 Å². The van der Waals surface area contributed by atoms with Gasteiger partial charge in [0.25, 0.3) is 0 Å². The van der Waals surface area contributed by atoms with Crippen molar-refractivity contribution < 1.29 is 5.11 Å². The SMILES string of the molecule is CC(C)C[C@]1(O)CCCC[C@H]1C. The Morgan fingerprint density at radius 3 is 2.58 bits per heavy atom. The number of rotatable bonds is 2. The average Bonchev–Trinajstić information content (AvgIpc) is 1.94. The summed E-state index contributed by atoms with van der Waals surface area (Å²) in [6.07, 6.45) is 5.73. The Hall–Kier alpha value is -0.0400. The minimum atomic E-state index is -0.341. The highest BCUT2D eigenvalue weighted by molar-refractivity contribution is 4.88. The van der Waals surface area contributed by atoms with Gasteiger partial charge in [-0.15, -0.1) is 0 Å². The first-order chi connectivity index (χ1) is 5.54. The summed E-state index contributed by atoms with van der Waals surface area (Å²) in [5, 5.41) is 10.3. The fourth-order valence-electron chi connectivity index (χ4n) is 2.41. The Balaban J connectivity index is 2.53. The lowest BCUT2D eigenvalue weighted by molar-refractivity contribution is -0.0565. The van der Waals surface area contributed by atoms with Crippen LogP contribution in [0, 0.1) is 11.8 Å². The smallest absolute Gasteiger partial charge is 0.0675 e. The predicted molar refractivity (Wildman–Crippen MR) is 52.0 cm³/mol. The number of hydrogen-bond donors (Lipinski definition) is 1. The van der Waals surface area contributed by atoms with E-state index in [1.54, 1.807) is 0 Å². The molecule has 1 aliphatic rings. The molecule has 1 N–H and O–H groups in total. The number of hydrogen-bond acceptors (Lipinski definition) is 1. The van der Waals surface area contributed by atoms with Gasteiger partial charge in [-0.1, -0.05) is 33.6 Å². The molecule has 1 saturated carbocycles. The first-order valence-electron chi connectivity index (χ1n) is 5.27. The van der Waals surface area contributed by atoms with Crippen molar-refractivity contribution in [1.29, 1.82) is 0 Å². The van der Waals surface area contributed by atoms with Gasteiger partial charge in [0.05, 0.1) is 5.60 Å². The molecule has 72 valence electrons. The van der Waals surface area contributed by atoms with Gasteiger partial charge in [-0.2, -0.15) is 0 Å². The van der Waals surface area contributed by atoms with Crippen LogP contribution in [0.25, 0.3) is 0 Å². The van der Waals surface area contributed by atoms with Crippen LogP contribution in [0.4, 0.5) is 0 Å². The van der Waals surface area contributed by atoms with E-state index >= 15 is 0 Å². The van der Waals surface area contributed by atoms with E-state index in [2.05, 4.69) is 20.8 Å². The van der Waals surface area contributed by atoms with Crippen LogP contribution < -0.4 is 0 Å². The Bertz CT molecular complexity index is 142. The highest BCUT2D eigenvalue weighted by Gasteiger charge is 2.35. The van der Waals surface area contributed by atoms with Crippen molar-refractivity contribution in [1.82, 2.24) is 0 Å². The van der Waals surface area contributed by atoms with Crippen molar-refractivity contribution in [2.75, 3.05) is 0 Å². The third-order valence-corrected chi connectivity index (χ3v) is 3.18. The zero-order valence-corrected chi connectivity index (χ0v) is 8.64. The molecule has 2 atom stereocenters. The minimum absolute atomic E-state index is 0.341. The van der Waals surface area contributed by atoms with Gasteiger partial charge in [0, 0.05) is 0 Å². The maximum Gasteiger partial charge on any atom is 0.0675 e. The van der Waals surface area contributed by atoms with Gasteiger partial charge in [-0.3, -0.25) is 0 Å². The van der Waals surface area contributed by atoms with Gasteiger partial charge in [-0.25, -0.2) is 0 Å². The zero-order chi connectivity index (χ0) is 9.19. The molecule has 1 aliphatic carbocycles. The summed E-state index contributed by atoms with van der Waals surface area (Å²) in [6.45, 7) is 6.58. The molecule has 1 heteroatoms. The largest absolute Gasteiger partial charge is 0.390 e. The van der Waals surface area contributed by atoms with Crippen molar-refractivity contribution in [3.05, 3.63) is 0 Å². The third kappa shape index (κ3) is 2.22. The lowest BCUT2D eigenvalue weighted by Gasteiger charge is -2.39. The van der Waals surface area contributed by atoms with Gasteiger partial charge in [-0.05, 0) is 31.1 Å². The van der Waals surface area contributed by atoms with Crippen LogP contribution in [0.5, 0.6) is 0 Å². The van der Waals surface area contributed by atoms with Crippen LogP contribution >= 0.6 is 0 Å². The van der Waals surface area contributed by atoms with Crippen molar-refractivity contribution >= 4 is 0 Å². The highest BCUT2D eigenvalue weighted by Crippen LogP contribution is 2.37. The predicted octanol–water partition coefficient (Wildman–Crippen LogP) is 2.97. The molecule has 0 spiro atoms. The third-order valence-electron chi connectivity index (χ3n) is 3.18. The standard InChI is InChI=1S/C11H22O/c1-9(2)8-11(12)7-5-4-6-10(11)3/h9-10,12H,4-8H2,1-3H3/t10-,11-/m1/s1. The van der Waals surface area contributed by atoms with E-state index in [4.69, 9.17) is 0 Å². The molecule has 1 rings (SSSR count). The van der Waals surface area contributed by atoms with Gasteiger partial charge >= 0.3 is 0 Å². The summed E-state index contributed by atoms with van der Waals surface area (Å²) < 4.78 is 0. The molecule has 0 aromatic rings. The second-order valence-corrected chi connectivity index (χ2v) is 4.85. The molecule has 0 aromatic carbocycles. The molecular weight excluding hydrogens is 148 g/mol. The molecule has 0 radical (unpaired) electrons. The van der Waals surface area contributed by atoms with Crippen LogP contribution in [0.2, 0.25) is 0 Å². The lowest BCUT2D eigenvalue weighted by atomic mass is 9.72. The average molecular weight is 170 g/mol. The van der Waals surface area contributed by atoms with Crippen molar-refractivity contribution in [3.8, 4) is 0 Å². The summed E-state index contributed by atoms with van der Waals surface area (Å²) >= 11 is 0. The van der Waals surface area contributed by atoms with Crippen LogP contribution in [0.15, 0.2) is 0 Å². The van der Waals surface area contributed by atoms with E-state index in [-0.39, 0.29) is 5.60 Å².